The summed E-state index contributed by atoms with van der Waals surface area (Å²) in [4.78, 5) is 53.5. The Balaban J connectivity index is 0.976. The number of carbonyl (C=O) groups is 3. The molecule has 2 atom stereocenters. The number of ether oxygens (including phenoxy) is 2. The minimum Gasteiger partial charge on any atom is -0.477 e. The Morgan fingerprint density at radius 2 is 1.60 bits per heavy atom. The SMILES string of the molecule is CCn1cc(C(=O)O)c(=O)c2cc(F)c(N3CCN(C(=O)OCc4ccc(NC[C@@H](CC5CCNCC5)NC[C@H](NC(=O)OCc5ccccc5)C(C)C)cc4)CC3)cc21. The van der Waals surface area contributed by atoms with E-state index in [-0.39, 0.29) is 42.3 Å². The molecule has 0 aliphatic carbocycles. The molecule has 60 heavy (non-hydrogen) atoms. The van der Waals surface area contributed by atoms with Crippen LogP contribution in [0.4, 0.5) is 25.4 Å². The van der Waals surface area contributed by atoms with E-state index in [4.69, 9.17) is 9.47 Å². The van der Waals surface area contributed by atoms with E-state index in [0.29, 0.717) is 57.2 Å². The van der Waals surface area contributed by atoms with Crippen molar-refractivity contribution in [2.24, 2.45) is 11.8 Å². The highest BCUT2D eigenvalue weighted by Crippen LogP contribution is 2.27. The standard InChI is InChI=1S/C45H58FN7O7/c1-4-51-27-37(43(55)56)42(54)36-23-38(46)41(24-40(36)51)52-18-20-53(21-19-52)45(58)60-29-33-10-12-34(13-11-33)48-25-35(22-31-14-16-47-17-15-31)49-26-39(30(2)3)50-44(57)59-28-32-8-6-5-7-9-32/h5-13,23-24,27,30-31,35,39,47-49H,4,14-22,25-26,28-29H2,1-3H3,(H,50,57)(H,55,56)/t35-,39+/m1/s1. The number of fused-ring (bicyclic) bond motifs is 1. The molecule has 5 N–H and O–H groups in total. The molecule has 4 aromatic rings. The van der Waals surface area contributed by atoms with Crippen molar-refractivity contribution in [1.29, 1.82) is 0 Å². The minimum absolute atomic E-state index is 0.0121. The summed E-state index contributed by atoms with van der Waals surface area (Å²) in [7, 11) is 0. The Kier molecular flexibility index (Phi) is 15.4. The van der Waals surface area contributed by atoms with Gasteiger partial charge in [0.1, 0.15) is 24.6 Å². The molecule has 3 aromatic carbocycles. The number of aryl methyl sites for hydroxylation is 1. The van der Waals surface area contributed by atoms with Crippen LogP contribution in [0.5, 0.6) is 0 Å². The highest BCUT2D eigenvalue weighted by molar-refractivity contribution is 5.93. The molecule has 2 aliphatic rings. The number of halogens is 1. The van der Waals surface area contributed by atoms with Crippen LogP contribution in [0, 0.1) is 17.7 Å². The molecule has 2 amide bonds. The lowest BCUT2D eigenvalue weighted by molar-refractivity contribution is 0.0694. The van der Waals surface area contributed by atoms with E-state index < -0.39 is 35.0 Å². The second kappa shape index (κ2) is 21.0. The third kappa shape index (κ3) is 11.7. The lowest BCUT2D eigenvalue weighted by Crippen LogP contribution is -2.49. The number of hydrogen-bond donors (Lipinski definition) is 5. The molecule has 0 radical (unpaired) electrons. The van der Waals surface area contributed by atoms with Crippen LogP contribution in [0.1, 0.15) is 61.5 Å². The highest BCUT2D eigenvalue weighted by atomic mass is 19.1. The van der Waals surface area contributed by atoms with Gasteiger partial charge in [-0.1, -0.05) is 56.3 Å². The number of alkyl carbamates (subject to hydrolysis) is 1. The van der Waals surface area contributed by atoms with E-state index in [9.17, 15) is 24.3 Å². The van der Waals surface area contributed by atoms with Crippen LogP contribution < -0.4 is 31.6 Å². The summed E-state index contributed by atoms with van der Waals surface area (Å²) in [6, 6.07) is 20.2. The Morgan fingerprint density at radius 1 is 0.917 bits per heavy atom. The summed E-state index contributed by atoms with van der Waals surface area (Å²) < 4.78 is 28.1. The zero-order chi connectivity index (χ0) is 42.6. The second-order valence-corrected chi connectivity index (χ2v) is 16.0. The van der Waals surface area contributed by atoms with Crippen molar-refractivity contribution in [1.82, 2.24) is 25.4 Å². The number of nitrogens with zero attached hydrogens (tertiary/aromatic N) is 3. The Labute approximate surface area is 350 Å². The number of pyridine rings is 1. The number of nitrogens with one attached hydrogen (secondary N) is 4. The molecule has 0 bridgehead atoms. The number of carboxylic acid groups (broad SMARTS) is 1. The number of aromatic nitrogens is 1. The number of piperidine rings is 1. The monoisotopic (exact) mass is 827 g/mol. The molecule has 2 saturated heterocycles. The van der Waals surface area contributed by atoms with Gasteiger partial charge in [0.15, 0.2) is 0 Å². The number of benzene rings is 3. The summed E-state index contributed by atoms with van der Waals surface area (Å²) in [5, 5.41) is 23.3. The maximum absolute atomic E-state index is 15.4. The fourth-order valence-electron chi connectivity index (χ4n) is 7.80. The van der Waals surface area contributed by atoms with Crippen molar-refractivity contribution in [3.63, 3.8) is 0 Å². The zero-order valence-corrected chi connectivity index (χ0v) is 34.8. The van der Waals surface area contributed by atoms with Crippen LogP contribution >= 0.6 is 0 Å². The van der Waals surface area contributed by atoms with Gasteiger partial charge in [-0.3, -0.25) is 4.79 Å². The molecule has 322 valence electrons. The normalized spacial score (nSPS) is 15.8. The first kappa shape index (κ1) is 43.9. The zero-order valence-electron chi connectivity index (χ0n) is 34.8. The van der Waals surface area contributed by atoms with Crippen LogP contribution in [-0.4, -0.2) is 97.2 Å². The van der Waals surface area contributed by atoms with E-state index in [2.05, 4.69) is 35.1 Å². The van der Waals surface area contributed by atoms with Gasteiger partial charge in [0.25, 0.3) is 0 Å². The molecule has 15 heteroatoms. The van der Waals surface area contributed by atoms with Gasteiger partial charge in [-0.25, -0.2) is 18.8 Å². The molecule has 1 aromatic heterocycles. The van der Waals surface area contributed by atoms with Crippen LogP contribution in [-0.2, 0) is 29.2 Å². The van der Waals surface area contributed by atoms with Crippen molar-refractivity contribution < 1.29 is 33.4 Å². The molecule has 2 aliphatic heterocycles. The van der Waals surface area contributed by atoms with Gasteiger partial charge in [0.2, 0.25) is 5.43 Å². The summed E-state index contributed by atoms with van der Waals surface area (Å²) in [5.41, 5.74) is 2.33. The number of aromatic carboxylic acids is 1. The number of piperazine rings is 1. The number of carboxylic acids is 1. The lowest BCUT2D eigenvalue weighted by Gasteiger charge is -2.35. The predicted molar refractivity (Wildman–Crippen MR) is 230 cm³/mol. The topological polar surface area (TPSA) is 166 Å². The summed E-state index contributed by atoms with van der Waals surface area (Å²) in [6.45, 7) is 11.4. The molecule has 14 nitrogen and oxygen atoms in total. The number of rotatable bonds is 17. The van der Waals surface area contributed by atoms with Gasteiger partial charge in [0.05, 0.1) is 11.2 Å². The van der Waals surface area contributed by atoms with Crippen molar-refractivity contribution in [3.8, 4) is 0 Å². The fourth-order valence-corrected chi connectivity index (χ4v) is 7.80. The Hall–Kier alpha value is -5.67. The summed E-state index contributed by atoms with van der Waals surface area (Å²) in [5.74, 6) is -1.19. The van der Waals surface area contributed by atoms with Crippen molar-refractivity contribution in [2.45, 2.75) is 71.9 Å². The molecule has 6 rings (SSSR count). The first-order valence-corrected chi connectivity index (χ1v) is 21.0. The van der Waals surface area contributed by atoms with E-state index in [0.717, 1.165) is 55.2 Å². The number of anilines is 2. The number of amides is 2. The third-order valence-electron chi connectivity index (χ3n) is 11.5. The largest absolute Gasteiger partial charge is 0.477 e. The van der Waals surface area contributed by atoms with Gasteiger partial charge < -0.3 is 50.2 Å². The second-order valence-electron chi connectivity index (χ2n) is 16.0. The van der Waals surface area contributed by atoms with E-state index >= 15 is 4.39 Å². The predicted octanol–water partition coefficient (Wildman–Crippen LogP) is 6.03. The van der Waals surface area contributed by atoms with Crippen molar-refractivity contribution in [2.75, 3.05) is 62.6 Å². The number of carbonyl (C=O) groups excluding carboxylic acids is 2. The van der Waals surface area contributed by atoms with Gasteiger partial charge in [-0.05, 0) is 86.5 Å². The Bertz CT molecular complexity index is 2120. The van der Waals surface area contributed by atoms with E-state index in [1.165, 1.54) is 6.20 Å². The third-order valence-corrected chi connectivity index (χ3v) is 11.5. The van der Waals surface area contributed by atoms with E-state index in [1.807, 2.05) is 66.4 Å². The van der Waals surface area contributed by atoms with Crippen LogP contribution in [0.3, 0.4) is 0 Å². The molecular weight excluding hydrogens is 770 g/mol. The van der Waals surface area contributed by atoms with Crippen LogP contribution in [0.15, 0.2) is 77.7 Å². The van der Waals surface area contributed by atoms with Gasteiger partial charge in [-0.15, -0.1) is 0 Å². The maximum Gasteiger partial charge on any atom is 0.410 e. The number of hydrogen-bond acceptors (Lipinski definition) is 10. The first-order chi connectivity index (χ1) is 29.0. The average molecular weight is 828 g/mol. The average Bonchev–Trinajstić information content (AvgIpc) is 3.26. The lowest BCUT2D eigenvalue weighted by atomic mass is 9.90. The van der Waals surface area contributed by atoms with Crippen molar-refractivity contribution >= 4 is 40.4 Å². The summed E-state index contributed by atoms with van der Waals surface area (Å²) in [6.07, 6.45) is 3.67. The Morgan fingerprint density at radius 3 is 2.27 bits per heavy atom. The fraction of sp³-hybridized carbons (Fsp3) is 0.467. The quantitative estimate of drug-likeness (QED) is 0.0844. The smallest absolute Gasteiger partial charge is 0.410 e. The molecule has 0 saturated carbocycles. The summed E-state index contributed by atoms with van der Waals surface area (Å²) >= 11 is 0. The van der Waals surface area contributed by atoms with E-state index in [1.54, 1.807) is 15.5 Å². The van der Waals surface area contributed by atoms with Crippen molar-refractivity contribution in [3.05, 3.63) is 106 Å². The highest BCUT2D eigenvalue weighted by Gasteiger charge is 2.26. The minimum atomic E-state index is -1.36. The first-order valence-electron chi connectivity index (χ1n) is 21.0. The van der Waals surface area contributed by atoms with Gasteiger partial charge in [-0.2, -0.15) is 0 Å². The van der Waals surface area contributed by atoms with Gasteiger partial charge >= 0.3 is 18.2 Å². The van der Waals surface area contributed by atoms with Crippen LogP contribution in [0.2, 0.25) is 0 Å². The molecule has 2 fully saturated rings. The van der Waals surface area contributed by atoms with Crippen LogP contribution in [0.25, 0.3) is 10.9 Å². The molecule has 0 unspecified atom stereocenters. The van der Waals surface area contributed by atoms with Gasteiger partial charge in [0, 0.05) is 75.2 Å². The maximum atomic E-state index is 15.4. The molecular formula is C45H58FN7O7. The molecule has 3 heterocycles. The molecule has 0 spiro atoms.